The lowest BCUT2D eigenvalue weighted by molar-refractivity contribution is -0.132. The van der Waals surface area contributed by atoms with E-state index in [1.54, 1.807) is 0 Å². The van der Waals surface area contributed by atoms with E-state index >= 15 is 0 Å². The first-order chi connectivity index (χ1) is 9.15. The summed E-state index contributed by atoms with van der Waals surface area (Å²) in [5, 5.41) is 3.63. The number of amides is 1. The minimum atomic E-state index is -0.132. The molecule has 3 fully saturated rings. The minimum absolute atomic E-state index is 0.132. The molecule has 1 unspecified atom stereocenters. The van der Waals surface area contributed by atoms with Crippen molar-refractivity contribution in [2.24, 2.45) is 5.41 Å². The Hall–Kier alpha value is -0.570. The molecule has 0 aromatic carbocycles. The number of carbonyl (C=O) groups is 1. The molecule has 3 aliphatic rings. The van der Waals surface area contributed by atoms with E-state index < -0.39 is 0 Å². The van der Waals surface area contributed by atoms with Gasteiger partial charge in [0.25, 0.3) is 0 Å². The molecule has 19 heavy (non-hydrogen) atoms. The Bertz CT molecular complexity index is 356. The Kier molecular flexibility index (Phi) is 3.36. The zero-order valence-electron chi connectivity index (χ0n) is 12.5. The molecule has 1 atom stereocenters. The molecule has 1 amide bonds. The summed E-state index contributed by atoms with van der Waals surface area (Å²) in [6, 6.07) is 0. The highest BCUT2D eigenvalue weighted by Gasteiger charge is 2.59. The van der Waals surface area contributed by atoms with Crippen molar-refractivity contribution in [1.29, 1.82) is 0 Å². The molecule has 1 saturated heterocycles. The van der Waals surface area contributed by atoms with Crippen molar-refractivity contribution in [3.63, 3.8) is 0 Å². The first-order valence-corrected chi connectivity index (χ1v) is 8.23. The highest BCUT2D eigenvalue weighted by Crippen LogP contribution is 2.47. The SMILES string of the molecule is CCCC1NC2(CC2)C(=O)N1CC1(CC)CCCC1. The molecule has 1 N–H and O–H groups in total. The molecule has 2 aliphatic carbocycles. The van der Waals surface area contributed by atoms with Crippen LogP contribution in [0.3, 0.4) is 0 Å². The summed E-state index contributed by atoms with van der Waals surface area (Å²) in [5.74, 6) is 0.408. The van der Waals surface area contributed by atoms with Gasteiger partial charge in [-0.3, -0.25) is 10.1 Å². The fraction of sp³-hybridized carbons (Fsp3) is 0.938. The van der Waals surface area contributed by atoms with Crippen molar-refractivity contribution in [2.45, 2.75) is 83.3 Å². The number of hydrogen-bond donors (Lipinski definition) is 1. The molecule has 0 radical (unpaired) electrons. The third kappa shape index (κ3) is 2.20. The highest BCUT2D eigenvalue weighted by atomic mass is 16.2. The monoisotopic (exact) mass is 264 g/mol. The van der Waals surface area contributed by atoms with Crippen molar-refractivity contribution < 1.29 is 4.79 Å². The number of nitrogens with zero attached hydrogens (tertiary/aromatic N) is 1. The zero-order chi connectivity index (χ0) is 13.5. The first-order valence-electron chi connectivity index (χ1n) is 8.23. The van der Waals surface area contributed by atoms with E-state index in [2.05, 4.69) is 24.1 Å². The maximum atomic E-state index is 12.7. The molecule has 1 aliphatic heterocycles. The third-order valence-corrected chi connectivity index (χ3v) is 5.72. The van der Waals surface area contributed by atoms with Gasteiger partial charge in [-0.1, -0.05) is 33.1 Å². The quantitative estimate of drug-likeness (QED) is 0.827. The van der Waals surface area contributed by atoms with Crippen molar-refractivity contribution in [3.05, 3.63) is 0 Å². The largest absolute Gasteiger partial charge is 0.325 e. The van der Waals surface area contributed by atoms with Crippen LogP contribution in [0, 0.1) is 5.41 Å². The average Bonchev–Trinajstić information content (AvgIpc) is 2.97. The van der Waals surface area contributed by atoms with Crippen LogP contribution in [0.4, 0.5) is 0 Å². The number of rotatable bonds is 5. The van der Waals surface area contributed by atoms with Crippen molar-refractivity contribution in [1.82, 2.24) is 10.2 Å². The Morgan fingerprint density at radius 1 is 1.21 bits per heavy atom. The van der Waals surface area contributed by atoms with Gasteiger partial charge in [-0.15, -0.1) is 0 Å². The van der Waals surface area contributed by atoms with Gasteiger partial charge in [0.15, 0.2) is 0 Å². The molecule has 1 heterocycles. The second-order valence-corrected chi connectivity index (χ2v) is 7.02. The van der Waals surface area contributed by atoms with E-state index in [1.807, 2.05) is 0 Å². The summed E-state index contributed by atoms with van der Waals surface area (Å²) in [6.07, 6.45) is 11.2. The Labute approximate surface area is 117 Å². The molecule has 108 valence electrons. The summed E-state index contributed by atoms with van der Waals surface area (Å²) in [5.41, 5.74) is 0.289. The summed E-state index contributed by atoms with van der Waals surface area (Å²) in [4.78, 5) is 14.9. The molecule has 3 rings (SSSR count). The predicted octanol–water partition coefficient (Wildman–Crippen LogP) is 3.05. The lowest BCUT2D eigenvalue weighted by Gasteiger charge is -2.35. The van der Waals surface area contributed by atoms with Crippen LogP contribution >= 0.6 is 0 Å². The zero-order valence-corrected chi connectivity index (χ0v) is 12.5. The fourth-order valence-electron chi connectivity index (χ4n) is 4.15. The van der Waals surface area contributed by atoms with Gasteiger partial charge in [-0.05, 0) is 43.9 Å². The normalized spacial score (nSPS) is 31.4. The lowest BCUT2D eigenvalue weighted by atomic mass is 9.82. The number of hydrogen-bond acceptors (Lipinski definition) is 2. The van der Waals surface area contributed by atoms with Gasteiger partial charge in [0.1, 0.15) is 0 Å². The van der Waals surface area contributed by atoms with Crippen LogP contribution < -0.4 is 5.32 Å². The summed E-state index contributed by atoms with van der Waals surface area (Å²) in [6.45, 7) is 5.52. The van der Waals surface area contributed by atoms with Crippen LogP contribution in [0.5, 0.6) is 0 Å². The van der Waals surface area contributed by atoms with Crippen LogP contribution in [0.25, 0.3) is 0 Å². The van der Waals surface area contributed by atoms with Gasteiger partial charge >= 0.3 is 0 Å². The molecule has 0 aromatic rings. The molecule has 2 saturated carbocycles. The van der Waals surface area contributed by atoms with E-state index in [0.29, 0.717) is 17.5 Å². The summed E-state index contributed by atoms with van der Waals surface area (Å²) < 4.78 is 0. The molecule has 1 spiro atoms. The van der Waals surface area contributed by atoms with Gasteiger partial charge < -0.3 is 4.90 Å². The van der Waals surface area contributed by atoms with Crippen molar-refractivity contribution >= 4 is 5.91 Å². The molecule has 3 nitrogen and oxygen atoms in total. The molecule has 3 heteroatoms. The van der Waals surface area contributed by atoms with Gasteiger partial charge in [-0.25, -0.2) is 0 Å². The van der Waals surface area contributed by atoms with E-state index in [-0.39, 0.29) is 5.54 Å². The Morgan fingerprint density at radius 3 is 2.42 bits per heavy atom. The van der Waals surface area contributed by atoms with Crippen LogP contribution in [0.2, 0.25) is 0 Å². The average molecular weight is 264 g/mol. The number of carbonyl (C=O) groups excluding carboxylic acids is 1. The van der Waals surface area contributed by atoms with Crippen LogP contribution in [-0.4, -0.2) is 29.1 Å². The van der Waals surface area contributed by atoms with Crippen LogP contribution in [0.15, 0.2) is 0 Å². The minimum Gasteiger partial charge on any atom is -0.325 e. The van der Waals surface area contributed by atoms with E-state index in [0.717, 1.165) is 32.2 Å². The molecular weight excluding hydrogens is 236 g/mol. The van der Waals surface area contributed by atoms with E-state index in [1.165, 1.54) is 32.1 Å². The topological polar surface area (TPSA) is 32.3 Å². The van der Waals surface area contributed by atoms with E-state index in [4.69, 9.17) is 0 Å². The fourth-order valence-corrected chi connectivity index (χ4v) is 4.15. The van der Waals surface area contributed by atoms with E-state index in [9.17, 15) is 4.79 Å². The van der Waals surface area contributed by atoms with Gasteiger partial charge in [0.05, 0.1) is 11.7 Å². The van der Waals surface area contributed by atoms with Crippen LogP contribution in [-0.2, 0) is 4.79 Å². The smallest absolute Gasteiger partial charge is 0.244 e. The standard InChI is InChI=1S/C16H28N2O/c1-3-7-13-17-16(10-11-16)14(19)18(13)12-15(4-2)8-5-6-9-15/h13,17H,3-12H2,1-2H3. The maximum Gasteiger partial charge on any atom is 0.244 e. The Morgan fingerprint density at radius 2 is 1.89 bits per heavy atom. The highest BCUT2D eigenvalue weighted by molar-refractivity contribution is 5.91. The lowest BCUT2D eigenvalue weighted by Crippen LogP contribution is -2.43. The third-order valence-electron chi connectivity index (χ3n) is 5.72. The second-order valence-electron chi connectivity index (χ2n) is 7.02. The van der Waals surface area contributed by atoms with Gasteiger partial charge in [0, 0.05) is 6.54 Å². The molecule has 0 aromatic heterocycles. The van der Waals surface area contributed by atoms with Gasteiger partial charge in [-0.2, -0.15) is 0 Å². The van der Waals surface area contributed by atoms with Gasteiger partial charge in [0.2, 0.25) is 5.91 Å². The Balaban J connectivity index is 1.75. The van der Waals surface area contributed by atoms with Crippen molar-refractivity contribution in [2.75, 3.05) is 6.54 Å². The molecular formula is C16H28N2O. The number of nitrogens with one attached hydrogen (secondary N) is 1. The van der Waals surface area contributed by atoms with Crippen molar-refractivity contribution in [3.8, 4) is 0 Å². The first kappa shape index (κ1) is 13.4. The summed E-state index contributed by atoms with van der Waals surface area (Å²) in [7, 11) is 0. The maximum absolute atomic E-state index is 12.7. The second kappa shape index (κ2) is 4.76. The molecule has 0 bridgehead atoms. The summed E-state index contributed by atoms with van der Waals surface area (Å²) >= 11 is 0. The predicted molar refractivity (Wildman–Crippen MR) is 76.7 cm³/mol. The van der Waals surface area contributed by atoms with Crippen LogP contribution in [0.1, 0.15) is 71.6 Å².